The van der Waals surface area contributed by atoms with E-state index in [1.54, 1.807) is 19.9 Å². The molecule has 1 aromatic carbocycles. The fourth-order valence-electron chi connectivity index (χ4n) is 1.95. The van der Waals surface area contributed by atoms with Crippen LogP contribution in [0.4, 0.5) is 5.69 Å². The molecule has 1 heterocycles. The lowest BCUT2D eigenvalue weighted by Gasteiger charge is -2.32. The lowest BCUT2D eigenvalue weighted by molar-refractivity contribution is -0.145. The summed E-state index contributed by atoms with van der Waals surface area (Å²) in [7, 11) is 0. The van der Waals surface area contributed by atoms with E-state index >= 15 is 0 Å². The Hall–Kier alpha value is -2.24. The van der Waals surface area contributed by atoms with Crippen LogP contribution in [0.5, 0.6) is 11.5 Å². The largest absolute Gasteiger partial charge is 0.508 e. The number of anilines is 1. The minimum absolute atomic E-state index is 0.00175. The molecule has 1 aliphatic heterocycles. The van der Waals surface area contributed by atoms with Crippen LogP contribution >= 0.6 is 0 Å². The van der Waals surface area contributed by atoms with Gasteiger partial charge in [0.1, 0.15) is 17.5 Å². The molecule has 0 fully saturated rings. The fourth-order valence-corrected chi connectivity index (χ4v) is 1.95. The van der Waals surface area contributed by atoms with E-state index in [0.29, 0.717) is 11.4 Å². The van der Waals surface area contributed by atoms with Gasteiger partial charge >= 0.3 is 5.97 Å². The van der Waals surface area contributed by atoms with Crippen molar-refractivity contribution in [3.8, 4) is 11.5 Å². The Bertz CT molecular complexity index is 514. The number of rotatable bonds is 3. The minimum atomic E-state index is -0.767. The maximum atomic E-state index is 11.9. The second kappa shape index (κ2) is 5.17. The molecule has 0 saturated carbocycles. The molecule has 6 nitrogen and oxygen atoms in total. The quantitative estimate of drug-likeness (QED) is 0.827. The summed E-state index contributed by atoms with van der Waals surface area (Å²) in [6.07, 6.45) is 0. The zero-order chi connectivity index (χ0) is 14.0. The third-order valence-corrected chi connectivity index (χ3v) is 2.84. The van der Waals surface area contributed by atoms with E-state index in [9.17, 15) is 14.7 Å². The molecule has 1 aromatic rings. The highest BCUT2D eigenvalue weighted by Crippen LogP contribution is 2.36. The van der Waals surface area contributed by atoms with Crippen LogP contribution in [0.1, 0.15) is 13.8 Å². The van der Waals surface area contributed by atoms with Gasteiger partial charge in [-0.25, -0.2) is 4.79 Å². The summed E-state index contributed by atoms with van der Waals surface area (Å²) >= 11 is 0. The number of hydrogen-bond acceptors (Lipinski definition) is 5. The third kappa shape index (κ3) is 2.47. The number of ether oxygens (including phenoxy) is 2. The highest BCUT2D eigenvalue weighted by Gasteiger charge is 2.34. The summed E-state index contributed by atoms with van der Waals surface area (Å²) in [4.78, 5) is 25.0. The molecule has 1 N–H and O–H groups in total. The first kappa shape index (κ1) is 13.2. The molecule has 0 unspecified atom stereocenters. The second-order valence-electron chi connectivity index (χ2n) is 4.13. The number of esters is 1. The van der Waals surface area contributed by atoms with E-state index in [4.69, 9.17) is 9.47 Å². The van der Waals surface area contributed by atoms with Gasteiger partial charge in [-0.2, -0.15) is 0 Å². The van der Waals surface area contributed by atoms with Gasteiger partial charge in [-0.1, -0.05) is 0 Å². The topological polar surface area (TPSA) is 76.1 Å². The molecule has 1 atom stereocenters. The van der Waals surface area contributed by atoms with E-state index in [2.05, 4.69) is 0 Å². The Kier molecular flexibility index (Phi) is 3.59. The molecule has 0 spiro atoms. The van der Waals surface area contributed by atoms with E-state index in [0.717, 1.165) is 0 Å². The molecule has 0 radical (unpaired) electrons. The molecule has 0 bridgehead atoms. The molecular weight excluding hydrogens is 250 g/mol. The molecule has 102 valence electrons. The summed E-state index contributed by atoms with van der Waals surface area (Å²) in [6.45, 7) is 3.39. The van der Waals surface area contributed by atoms with Gasteiger partial charge in [0.15, 0.2) is 6.61 Å². The molecular formula is C13H15NO5. The molecule has 0 saturated heterocycles. The van der Waals surface area contributed by atoms with Crippen LogP contribution in [0.15, 0.2) is 18.2 Å². The van der Waals surface area contributed by atoms with Gasteiger partial charge in [-0.05, 0) is 26.0 Å². The van der Waals surface area contributed by atoms with E-state index in [1.165, 1.54) is 17.0 Å². The first-order valence-electron chi connectivity index (χ1n) is 5.99. The van der Waals surface area contributed by atoms with Crippen LogP contribution in [-0.4, -0.2) is 36.2 Å². The highest BCUT2D eigenvalue weighted by atomic mass is 16.5. The molecule has 2 rings (SSSR count). The summed E-state index contributed by atoms with van der Waals surface area (Å²) in [5.41, 5.74) is 0.372. The normalized spacial score (nSPS) is 15.5. The first-order chi connectivity index (χ1) is 9.04. The summed E-state index contributed by atoms with van der Waals surface area (Å²) < 4.78 is 10.2. The van der Waals surface area contributed by atoms with Crippen molar-refractivity contribution in [1.29, 1.82) is 0 Å². The average molecular weight is 265 g/mol. The van der Waals surface area contributed by atoms with Gasteiger partial charge in [0.05, 0.1) is 12.3 Å². The second-order valence-corrected chi connectivity index (χ2v) is 4.13. The number of benzene rings is 1. The van der Waals surface area contributed by atoms with E-state index in [1.807, 2.05) is 0 Å². The van der Waals surface area contributed by atoms with Crippen molar-refractivity contribution in [2.75, 3.05) is 18.1 Å². The van der Waals surface area contributed by atoms with Crippen molar-refractivity contribution in [3.63, 3.8) is 0 Å². The van der Waals surface area contributed by atoms with E-state index in [-0.39, 0.29) is 24.9 Å². The maximum absolute atomic E-state index is 11.9. The standard InChI is InChI=1S/C13H15NO5/c1-3-18-13(17)8(2)14-10-6-9(15)4-5-11(10)19-7-12(14)16/h4-6,8,15H,3,7H2,1-2H3/t8-/m0/s1. The van der Waals surface area contributed by atoms with Crippen LogP contribution in [0.25, 0.3) is 0 Å². The van der Waals surface area contributed by atoms with Crippen LogP contribution < -0.4 is 9.64 Å². The number of nitrogens with zero attached hydrogens (tertiary/aromatic N) is 1. The van der Waals surface area contributed by atoms with Crippen molar-refractivity contribution >= 4 is 17.6 Å². The Balaban J connectivity index is 2.37. The molecule has 0 aliphatic carbocycles. The summed E-state index contributed by atoms with van der Waals surface area (Å²) in [5.74, 6) is -0.391. The van der Waals surface area contributed by atoms with Gasteiger partial charge in [0.25, 0.3) is 5.91 Å². The number of phenols is 1. The zero-order valence-electron chi connectivity index (χ0n) is 10.8. The monoisotopic (exact) mass is 265 g/mol. The molecule has 19 heavy (non-hydrogen) atoms. The number of phenolic OH excluding ortho intramolecular Hbond substituents is 1. The number of carbonyl (C=O) groups is 2. The van der Waals surface area contributed by atoms with Crippen LogP contribution in [0.3, 0.4) is 0 Å². The number of hydrogen-bond donors (Lipinski definition) is 1. The van der Waals surface area contributed by atoms with Crippen LogP contribution in [0, 0.1) is 0 Å². The Morgan fingerprint density at radius 2 is 2.32 bits per heavy atom. The lowest BCUT2D eigenvalue weighted by Crippen LogP contribution is -2.48. The highest BCUT2D eigenvalue weighted by molar-refractivity contribution is 6.02. The van der Waals surface area contributed by atoms with Crippen LogP contribution in [0.2, 0.25) is 0 Å². The number of aromatic hydroxyl groups is 1. The van der Waals surface area contributed by atoms with Gasteiger partial charge in [-0.15, -0.1) is 0 Å². The van der Waals surface area contributed by atoms with Crippen molar-refractivity contribution in [3.05, 3.63) is 18.2 Å². The maximum Gasteiger partial charge on any atom is 0.328 e. The van der Waals surface area contributed by atoms with Crippen LogP contribution in [-0.2, 0) is 14.3 Å². The smallest absolute Gasteiger partial charge is 0.328 e. The molecule has 1 amide bonds. The van der Waals surface area contributed by atoms with Crippen molar-refractivity contribution in [1.82, 2.24) is 0 Å². The summed E-state index contributed by atoms with van der Waals surface area (Å²) in [6, 6.07) is 3.64. The Morgan fingerprint density at radius 3 is 3.00 bits per heavy atom. The van der Waals surface area contributed by atoms with Crippen molar-refractivity contribution < 1.29 is 24.2 Å². The van der Waals surface area contributed by atoms with E-state index < -0.39 is 12.0 Å². The lowest BCUT2D eigenvalue weighted by atomic mass is 10.1. The Morgan fingerprint density at radius 1 is 1.58 bits per heavy atom. The number of fused-ring (bicyclic) bond motifs is 1. The number of amides is 1. The predicted octanol–water partition coefficient (Wildman–Crippen LogP) is 1.07. The first-order valence-corrected chi connectivity index (χ1v) is 5.99. The molecule has 1 aliphatic rings. The zero-order valence-corrected chi connectivity index (χ0v) is 10.8. The molecule has 6 heteroatoms. The summed E-state index contributed by atoms with van der Waals surface area (Å²) in [5, 5.41) is 9.51. The van der Waals surface area contributed by atoms with Crippen molar-refractivity contribution in [2.45, 2.75) is 19.9 Å². The fraction of sp³-hybridized carbons (Fsp3) is 0.385. The number of carbonyl (C=O) groups excluding carboxylic acids is 2. The van der Waals surface area contributed by atoms with Gasteiger partial charge in [0.2, 0.25) is 0 Å². The van der Waals surface area contributed by atoms with Gasteiger partial charge < -0.3 is 14.6 Å². The average Bonchev–Trinajstić information content (AvgIpc) is 2.38. The minimum Gasteiger partial charge on any atom is -0.508 e. The predicted molar refractivity (Wildman–Crippen MR) is 67.2 cm³/mol. The SMILES string of the molecule is CCOC(=O)[C@H](C)N1C(=O)COc2ccc(O)cc21. The molecule has 0 aromatic heterocycles. The van der Waals surface area contributed by atoms with Gasteiger partial charge in [0, 0.05) is 6.07 Å². The Labute approximate surface area is 110 Å². The van der Waals surface area contributed by atoms with Gasteiger partial charge in [-0.3, -0.25) is 9.69 Å². The third-order valence-electron chi connectivity index (χ3n) is 2.84. The van der Waals surface area contributed by atoms with Crippen molar-refractivity contribution in [2.24, 2.45) is 0 Å².